The maximum atomic E-state index is 13.2. The van der Waals surface area contributed by atoms with Gasteiger partial charge in [-0.1, -0.05) is 22.0 Å². The third-order valence-corrected chi connectivity index (χ3v) is 3.74. The Labute approximate surface area is 130 Å². The van der Waals surface area contributed by atoms with Crippen molar-refractivity contribution in [2.45, 2.75) is 25.4 Å². The molecule has 1 N–H and O–H groups in total. The van der Waals surface area contributed by atoms with E-state index in [-0.39, 0.29) is 5.75 Å². The summed E-state index contributed by atoms with van der Waals surface area (Å²) < 4.78 is 33.0. The summed E-state index contributed by atoms with van der Waals surface area (Å²) >= 11 is 3.38. The molecule has 1 saturated carbocycles. The van der Waals surface area contributed by atoms with Crippen LogP contribution in [0.5, 0.6) is 11.5 Å². The largest absolute Gasteiger partial charge is 0.457 e. The lowest BCUT2D eigenvalue weighted by Crippen LogP contribution is -2.15. The van der Waals surface area contributed by atoms with Crippen LogP contribution in [0.4, 0.5) is 8.78 Å². The number of rotatable bonds is 5. The van der Waals surface area contributed by atoms with E-state index in [2.05, 4.69) is 21.2 Å². The molecule has 2 nitrogen and oxygen atoms in total. The van der Waals surface area contributed by atoms with Crippen molar-refractivity contribution in [2.24, 2.45) is 0 Å². The minimum Gasteiger partial charge on any atom is -0.457 e. The van der Waals surface area contributed by atoms with Crippen LogP contribution in [0.1, 0.15) is 18.4 Å². The van der Waals surface area contributed by atoms with Gasteiger partial charge < -0.3 is 10.1 Å². The van der Waals surface area contributed by atoms with Crippen molar-refractivity contribution in [3.05, 3.63) is 58.1 Å². The molecule has 0 amide bonds. The number of halogens is 3. The van der Waals surface area contributed by atoms with Gasteiger partial charge in [0, 0.05) is 40.8 Å². The molecule has 0 aliphatic heterocycles. The van der Waals surface area contributed by atoms with Crippen LogP contribution in [0.15, 0.2) is 40.9 Å². The van der Waals surface area contributed by atoms with Crippen molar-refractivity contribution >= 4 is 15.9 Å². The van der Waals surface area contributed by atoms with E-state index in [1.54, 1.807) is 6.07 Å². The number of ether oxygens (including phenoxy) is 1. The fourth-order valence-corrected chi connectivity index (χ4v) is 2.37. The normalized spacial score (nSPS) is 14.2. The van der Waals surface area contributed by atoms with Gasteiger partial charge >= 0.3 is 0 Å². The Balaban J connectivity index is 1.83. The lowest BCUT2D eigenvalue weighted by Gasteiger charge is -2.12. The van der Waals surface area contributed by atoms with Crippen LogP contribution in [-0.4, -0.2) is 6.04 Å². The van der Waals surface area contributed by atoms with E-state index in [4.69, 9.17) is 4.74 Å². The van der Waals surface area contributed by atoms with Gasteiger partial charge in [0.25, 0.3) is 0 Å². The molecule has 0 unspecified atom stereocenters. The van der Waals surface area contributed by atoms with Gasteiger partial charge in [-0.2, -0.15) is 0 Å². The zero-order chi connectivity index (χ0) is 14.8. The van der Waals surface area contributed by atoms with Crippen LogP contribution in [0.2, 0.25) is 0 Å². The lowest BCUT2D eigenvalue weighted by molar-refractivity contribution is 0.459. The van der Waals surface area contributed by atoms with E-state index in [1.807, 2.05) is 12.1 Å². The summed E-state index contributed by atoms with van der Waals surface area (Å²) in [6.45, 7) is 0.672. The molecule has 1 fully saturated rings. The van der Waals surface area contributed by atoms with Gasteiger partial charge in [-0.05, 0) is 25.0 Å². The average Bonchev–Trinajstić information content (AvgIpc) is 3.20. The first-order chi connectivity index (χ1) is 10.1. The Morgan fingerprint density at radius 3 is 2.48 bits per heavy atom. The standard InChI is InChI=1S/C16H14BrF2NO/c17-11-2-1-10(9-20-14-3-4-14)16(5-11)21-15-7-12(18)6-13(19)8-15/h1-2,5-8,14,20H,3-4,9H2. The molecule has 110 valence electrons. The molecule has 0 saturated heterocycles. The molecule has 0 radical (unpaired) electrons. The van der Waals surface area contributed by atoms with Crippen LogP contribution in [-0.2, 0) is 6.54 Å². The summed E-state index contributed by atoms with van der Waals surface area (Å²) in [6, 6.07) is 9.39. The lowest BCUT2D eigenvalue weighted by atomic mass is 10.2. The predicted molar refractivity (Wildman–Crippen MR) is 80.4 cm³/mol. The fourth-order valence-electron chi connectivity index (χ4n) is 2.03. The molecule has 0 bridgehead atoms. The monoisotopic (exact) mass is 353 g/mol. The average molecular weight is 354 g/mol. The van der Waals surface area contributed by atoms with E-state index >= 15 is 0 Å². The van der Waals surface area contributed by atoms with Crippen molar-refractivity contribution in [3.63, 3.8) is 0 Å². The zero-order valence-corrected chi connectivity index (χ0v) is 12.8. The molecule has 21 heavy (non-hydrogen) atoms. The molecule has 0 heterocycles. The summed E-state index contributed by atoms with van der Waals surface area (Å²) in [5.41, 5.74) is 0.953. The van der Waals surface area contributed by atoms with E-state index in [9.17, 15) is 8.78 Å². The molecule has 2 aromatic rings. The first kappa shape index (κ1) is 14.5. The van der Waals surface area contributed by atoms with Crippen LogP contribution in [0.25, 0.3) is 0 Å². The number of nitrogens with one attached hydrogen (secondary N) is 1. The summed E-state index contributed by atoms with van der Waals surface area (Å²) in [4.78, 5) is 0. The Hall–Kier alpha value is -1.46. The second-order valence-electron chi connectivity index (χ2n) is 5.11. The first-order valence-corrected chi connectivity index (χ1v) is 7.55. The van der Waals surface area contributed by atoms with Gasteiger partial charge in [-0.3, -0.25) is 0 Å². The smallest absolute Gasteiger partial charge is 0.133 e. The quantitative estimate of drug-likeness (QED) is 0.835. The highest BCUT2D eigenvalue weighted by Gasteiger charge is 2.20. The van der Waals surface area contributed by atoms with Crippen molar-refractivity contribution in [1.82, 2.24) is 5.32 Å². The molecule has 1 aliphatic carbocycles. The molecule has 5 heteroatoms. The number of benzene rings is 2. The van der Waals surface area contributed by atoms with Crippen molar-refractivity contribution < 1.29 is 13.5 Å². The second kappa shape index (κ2) is 6.12. The fraction of sp³-hybridized carbons (Fsp3) is 0.250. The zero-order valence-electron chi connectivity index (χ0n) is 11.2. The Kier molecular flexibility index (Phi) is 4.22. The maximum Gasteiger partial charge on any atom is 0.133 e. The molecule has 1 aliphatic rings. The molecular formula is C16H14BrF2NO. The summed E-state index contributed by atoms with van der Waals surface area (Å²) in [7, 11) is 0. The van der Waals surface area contributed by atoms with E-state index in [0.717, 1.165) is 16.1 Å². The third-order valence-electron chi connectivity index (χ3n) is 3.25. The Morgan fingerprint density at radius 2 is 1.81 bits per heavy atom. The predicted octanol–water partition coefficient (Wildman–Crippen LogP) is 4.77. The van der Waals surface area contributed by atoms with Crippen molar-refractivity contribution in [2.75, 3.05) is 0 Å². The van der Waals surface area contributed by atoms with Crippen LogP contribution in [0.3, 0.4) is 0 Å². The summed E-state index contributed by atoms with van der Waals surface area (Å²) in [5, 5.41) is 3.40. The second-order valence-corrected chi connectivity index (χ2v) is 6.03. The topological polar surface area (TPSA) is 21.3 Å². The highest BCUT2D eigenvalue weighted by molar-refractivity contribution is 9.10. The highest BCUT2D eigenvalue weighted by Crippen LogP contribution is 2.30. The van der Waals surface area contributed by atoms with Crippen molar-refractivity contribution in [3.8, 4) is 11.5 Å². The van der Waals surface area contributed by atoms with E-state index in [0.29, 0.717) is 18.3 Å². The van der Waals surface area contributed by atoms with Gasteiger partial charge in [-0.25, -0.2) is 8.78 Å². The van der Waals surface area contributed by atoms with Gasteiger partial charge in [0.15, 0.2) is 0 Å². The minimum atomic E-state index is -0.655. The Morgan fingerprint density at radius 1 is 1.10 bits per heavy atom. The van der Waals surface area contributed by atoms with Gasteiger partial charge in [0.05, 0.1) is 0 Å². The molecule has 0 aromatic heterocycles. The molecule has 0 atom stereocenters. The summed E-state index contributed by atoms with van der Waals surface area (Å²) in [6.07, 6.45) is 2.39. The van der Waals surface area contributed by atoms with Gasteiger partial charge in [0.1, 0.15) is 23.1 Å². The van der Waals surface area contributed by atoms with Gasteiger partial charge in [-0.15, -0.1) is 0 Å². The molecule has 0 spiro atoms. The van der Waals surface area contributed by atoms with Gasteiger partial charge in [0.2, 0.25) is 0 Å². The molecule has 2 aromatic carbocycles. The molecule has 3 rings (SSSR count). The first-order valence-electron chi connectivity index (χ1n) is 6.76. The highest BCUT2D eigenvalue weighted by atomic mass is 79.9. The van der Waals surface area contributed by atoms with Crippen LogP contribution in [0, 0.1) is 11.6 Å². The SMILES string of the molecule is Fc1cc(F)cc(Oc2cc(Br)ccc2CNC2CC2)c1. The van der Waals surface area contributed by atoms with Crippen LogP contribution >= 0.6 is 15.9 Å². The Bertz CT molecular complexity index is 638. The number of hydrogen-bond donors (Lipinski definition) is 1. The third kappa shape index (κ3) is 4.02. The molecular weight excluding hydrogens is 340 g/mol. The van der Waals surface area contributed by atoms with E-state index in [1.165, 1.54) is 25.0 Å². The maximum absolute atomic E-state index is 13.2. The minimum absolute atomic E-state index is 0.151. The summed E-state index contributed by atoms with van der Waals surface area (Å²) in [5.74, 6) is -0.573. The number of hydrogen-bond acceptors (Lipinski definition) is 2. The van der Waals surface area contributed by atoms with E-state index < -0.39 is 11.6 Å². The van der Waals surface area contributed by atoms with Crippen molar-refractivity contribution in [1.29, 1.82) is 0 Å². The van der Waals surface area contributed by atoms with Crippen LogP contribution < -0.4 is 10.1 Å².